The van der Waals surface area contributed by atoms with Gasteiger partial charge in [-0.05, 0) is 24.3 Å². The zero-order valence-electron chi connectivity index (χ0n) is 16.0. The maximum atomic E-state index is 14.1. The van der Waals surface area contributed by atoms with Crippen LogP contribution >= 0.6 is 11.8 Å². The van der Waals surface area contributed by atoms with Crippen molar-refractivity contribution >= 4 is 27.5 Å². The van der Waals surface area contributed by atoms with Crippen molar-refractivity contribution in [3.63, 3.8) is 0 Å². The van der Waals surface area contributed by atoms with Gasteiger partial charge >= 0.3 is 0 Å². The van der Waals surface area contributed by atoms with Crippen molar-refractivity contribution in [3.05, 3.63) is 54.1 Å². The zero-order valence-corrected chi connectivity index (χ0v) is 17.7. The summed E-state index contributed by atoms with van der Waals surface area (Å²) < 4.78 is 57.4. The molecule has 0 aromatic heterocycles. The molecule has 0 radical (unpaired) electrons. The van der Waals surface area contributed by atoms with Crippen LogP contribution in [-0.4, -0.2) is 58.1 Å². The van der Waals surface area contributed by atoms with Crippen LogP contribution in [0.15, 0.2) is 52.3 Å². The van der Waals surface area contributed by atoms with Gasteiger partial charge in [0.05, 0.1) is 4.90 Å². The quantitative estimate of drug-likeness (QED) is 0.448. The predicted molar refractivity (Wildman–Crippen MR) is 108 cm³/mol. The molecular weight excluding hydrogens is 422 g/mol. The van der Waals surface area contributed by atoms with Crippen LogP contribution in [0.25, 0.3) is 0 Å². The highest BCUT2D eigenvalue weighted by Gasteiger charge is 2.16. The highest BCUT2D eigenvalue weighted by atomic mass is 32.2. The van der Waals surface area contributed by atoms with Gasteiger partial charge in [0.25, 0.3) is 5.91 Å². The molecule has 158 valence electrons. The second-order valence-corrected chi connectivity index (χ2v) is 9.37. The Morgan fingerprint density at radius 2 is 1.76 bits per heavy atom. The number of carbonyl (C=O) groups excluding carboxylic acids is 1. The fourth-order valence-electron chi connectivity index (χ4n) is 2.18. The van der Waals surface area contributed by atoms with E-state index in [4.69, 9.17) is 4.74 Å². The number of hydrogen-bond donors (Lipinski definition) is 1. The molecule has 29 heavy (non-hydrogen) atoms. The fourth-order valence-corrected chi connectivity index (χ4v) is 4.19. The van der Waals surface area contributed by atoms with E-state index in [1.807, 2.05) is 0 Å². The lowest BCUT2D eigenvalue weighted by molar-refractivity contribution is -0.130. The molecule has 6 nitrogen and oxygen atoms in total. The molecule has 0 heterocycles. The van der Waals surface area contributed by atoms with E-state index in [1.165, 1.54) is 42.9 Å². The van der Waals surface area contributed by atoms with Crippen LogP contribution in [0.3, 0.4) is 0 Å². The number of thioether (sulfide) groups is 1. The zero-order chi connectivity index (χ0) is 21.4. The van der Waals surface area contributed by atoms with Gasteiger partial charge in [0.1, 0.15) is 5.88 Å². The predicted octanol–water partition coefficient (Wildman–Crippen LogP) is 2.54. The summed E-state index contributed by atoms with van der Waals surface area (Å²) >= 11 is 1.17. The van der Waals surface area contributed by atoms with Gasteiger partial charge in [-0.15, -0.1) is 11.8 Å². The third kappa shape index (κ3) is 6.98. The summed E-state index contributed by atoms with van der Waals surface area (Å²) in [4.78, 5) is 13.3. The van der Waals surface area contributed by atoms with Crippen molar-refractivity contribution in [3.8, 4) is 5.75 Å². The third-order valence-corrected chi connectivity index (χ3v) is 6.30. The van der Waals surface area contributed by atoms with E-state index in [0.717, 1.165) is 12.1 Å². The first-order valence-corrected chi connectivity index (χ1v) is 11.3. The minimum Gasteiger partial charge on any atom is -0.478 e. The molecule has 2 aromatic rings. The molecule has 0 bridgehead atoms. The summed E-state index contributed by atoms with van der Waals surface area (Å²) in [5, 5.41) is 2.82. The second kappa shape index (κ2) is 10.6. The Hall–Kier alpha value is -2.17. The SMILES string of the molecule is CN(C)C(=O)COc1c(F)cc(SCCNCS(=O)(=O)c2ccccc2)cc1F. The molecule has 1 N–H and O–H groups in total. The Labute approximate surface area is 173 Å². The van der Waals surface area contributed by atoms with E-state index in [0.29, 0.717) is 17.2 Å². The number of halogens is 2. The van der Waals surface area contributed by atoms with Crippen LogP contribution < -0.4 is 10.1 Å². The number of amides is 1. The molecule has 0 spiro atoms. The van der Waals surface area contributed by atoms with Gasteiger partial charge in [-0.25, -0.2) is 17.2 Å². The maximum Gasteiger partial charge on any atom is 0.259 e. The Bertz CT molecular complexity index is 915. The Balaban J connectivity index is 1.83. The number of likely N-dealkylation sites (N-methyl/N-ethyl adjacent to an activating group) is 1. The molecule has 0 aliphatic heterocycles. The van der Waals surface area contributed by atoms with Gasteiger partial charge in [0.2, 0.25) is 0 Å². The van der Waals surface area contributed by atoms with Crippen molar-refractivity contribution in [2.75, 3.05) is 38.9 Å². The molecule has 0 fully saturated rings. The summed E-state index contributed by atoms with van der Waals surface area (Å²) in [5.74, 6) is -2.65. The number of carbonyl (C=O) groups is 1. The monoisotopic (exact) mass is 444 g/mol. The molecule has 0 unspecified atom stereocenters. The highest BCUT2D eigenvalue weighted by molar-refractivity contribution is 7.99. The smallest absolute Gasteiger partial charge is 0.259 e. The van der Waals surface area contributed by atoms with E-state index in [2.05, 4.69) is 5.32 Å². The van der Waals surface area contributed by atoms with Gasteiger partial charge in [0, 0.05) is 31.3 Å². The van der Waals surface area contributed by atoms with Gasteiger partial charge in [-0.1, -0.05) is 18.2 Å². The summed E-state index contributed by atoms with van der Waals surface area (Å²) in [5.41, 5.74) is 0. The van der Waals surface area contributed by atoms with Crippen LogP contribution in [-0.2, 0) is 14.6 Å². The number of nitrogens with zero attached hydrogens (tertiary/aromatic N) is 1. The molecule has 1 amide bonds. The molecule has 0 saturated heterocycles. The Morgan fingerprint density at radius 1 is 1.14 bits per heavy atom. The largest absolute Gasteiger partial charge is 0.478 e. The van der Waals surface area contributed by atoms with Crippen molar-refractivity contribution in [1.29, 1.82) is 0 Å². The van der Waals surface area contributed by atoms with Crippen molar-refractivity contribution < 1.29 is 26.7 Å². The molecule has 2 rings (SSSR count). The average molecular weight is 445 g/mol. The lowest BCUT2D eigenvalue weighted by Gasteiger charge is -2.13. The van der Waals surface area contributed by atoms with Crippen molar-refractivity contribution in [2.24, 2.45) is 0 Å². The van der Waals surface area contributed by atoms with Gasteiger partial charge in [-0.3, -0.25) is 4.79 Å². The standard InChI is InChI=1S/C19H22F2N2O4S2/c1-23(2)18(24)12-27-19-16(20)10-14(11-17(19)21)28-9-8-22-13-29(25,26)15-6-4-3-5-7-15/h3-7,10-11,22H,8-9,12-13H2,1-2H3. The first-order valence-electron chi connectivity index (χ1n) is 8.64. The minimum atomic E-state index is -3.43. The van der Waals surface area contributed by atoms with Gasteiger partial charge in [-0.2, -0.15) is 0 Å². The molecule has 0 aliphatic carbocycles. The number of rotatable bonds is 10. The van der Waals surface area contributed by atoms with Gasteiger partial charge in [0.15, 0.2) is 33.8 Å². The van der Waals surface area contributed by atoms with E-state index < -0.39 is 39.7 Å². The van der Waals surface area contributed by atoms with Crippen LogP contribution in [0, 0.1) is 11.6 Å². The number of hydrogen-bond acceptors (Lipinski definition) is 6. The number of nitrogens with one attached hydrogen (secondary N) is 1. The highest BCUT2D eigenvalue weighted by Crippen LogP contribution is 2.28. The van der Waals surface area contributed by atoms with E-state index >= 15 is 0 Å². The Morgan fingerprint density at radius 3 is 2.34 bits per heavy atom. The molecule has 0 aliphatic rings. The summed E-state index contributed by atoms with van der Waals surface area (Å²) in [6.07, 6.45) is 0. The molecule has 2 aromatic carbocycles. The molecular formula is C19H22F2N2O4S2. The Kier molecular flexibility index (Phi) is 8.42. The van der Waals surface area contributed by atoms with Gasteiger partial charge < -0.3 is 15.0 Å². The number of sulfone groups is 1. The molecule has 0 atom stereocenters. The lowest BCUT2D eigenvalue weighted by Crippen LogP contribution is -2.27. The first kappa shape index (κ1) is 23.1. The summed E-state index contributed by atoms with van der Waals surface area (Å²) in [6.45, 7) is -0.136. The molecule has 0 saturated carbocycles. The van der Waals surface area contributed by atoms with E-state index in [9.17, 15) is 22.0 Å². The number of benzene rings is 2. The lowest BCUT2D eigenvalue weighted by atomic mass is 10.3. The van der Waals surface area contributed by atoms with Crippen molar-refractivity contribution in [2.45, 2.75) is 9.79 Å². The normalized spacial score (nSPS) is 11.3. The number of ether oxygens (including phenoxy) is 1. The molecule has 10 heteroatoms. The summed E-state index contributed by atoms with van der Waals surface area (Å²) in [7, 11) is -0.410. The fraction of sp³-hybridized carbons (Fsp3) is 0.316. The van der Waals surface area contributed by atoms with Crippen LogP contribution in [0.5, 0.6) is 5.75 Å². The van der Waals surface area contributed by atoms with E-state index in [-0.39, 0.29) is 10.8 Å². The van der Waals surface area contributed by atoms with Crippen LogP contribution in [0.4, 0.5) is 8.78 Å². The van der Waals surface area contributed by atoms with Crippen molar-refractivity contribution in [1.82, 2.24) is 10.2 Å². The third-order valence-electron chi connectivity index (χ3n) is 3.75. The minimum absolute atomic E-state index is 0.229. The first-order chi connectivity index (χ1) is 13.7. The maximum absolute atomic E-state index is 14.1. The van der Waals surface area contributed by atoms with Crippen LogP contribution in [0.2, 0.25) is 0 Å². The average Bonchev–Trinajstić information content (AvgIpc) is 2.67. The van der Waals surface area contributed by atoms with E-state index in [1.54, 1.807) is 18.2 Å². The van der Waals surface area contributed by atoms with Crippen LogP contribution in [0.1, 0.15) is 0 Å². The summed E-state index contributed by atoms with van der Waals surface area (Å²) in [6, 6.07) is 10.3. The second-order valence-electron chi connectivity index (χ2n) is 6.21. The topological polar surface area (TPSA) is 75.7 Å².